The van der Waals surface area contributed by atoms with Crippen LogP contribution in [-0.4, -0.2) is 31.0 Å². The van der Waals surface area contributed by atoms with Crippen molar-refractivity contribution in [2.24, 2.45) is 5.92 Å². The van der Waals surface area contributed by atoms with Gasteiger partial charge >= 0.3 is 0 Å². The second kappa shape index (κ2) is 8.97. The summed E-state index contributed by atoms with van der Waals surface area (Å²) in [5.74, 6) is 1.23. The van der Waals surface area contributed by atoms with Crippen LogP contribution in [0.1, 0.15) is 32.3 Å². The van der Waals surface area contributed by atoms with Gasteiger partial charge in [-0.3, -0.25) is 4.79 Å². The summed E-state index contributed by atoms with van der Waals surface area (Å²) in [7, 11) is 1.62. The molecule has 1 atom stereocenters. The second-order valence-electron chi connectivity index (χ2n) is 8.18. The van der Waals surface area contributed by atoms with E-state index in [1.165, 1.54) is 6.42 Å². The van der Waals surface area contributed by atoms with Crippen LogP contribution in [0, 0.1) is 5.92 Å². The smallest absolute Gasteiger partial charge is 0.246 e. The zero-order valence-electron chi connectivity index (χ0n) is 17.9. The van der Waals surface area contributed by atoms with Gasteiger partial charge in [-0.15, -0.1) is 0 Å². The van der Waals surface area contributed by atoms with Crippen molar-refractivity contribution in [3.8, 4) is 16.9 Å². The van der Waals surface area contributed by atoms with E-state index in [0.29, 0.717) is 27.3 Å². The monoisotopic (exact) mass is 457 g/mol. The number of amides is 1. The molecule has 0 saturated carbocycles. The largest absolute Gasteiger partial charge is 0.496 e. The number of fused-ring (bicyclic) bond motifs is 1. The van der Waals surface area contributed by atoms with Crippen LogP contribution in [0.25, 0.3) is 27.7 Å². The van der Waals surface area contributed by atoms with E-state index in [9.17, 15) is 4.79 Å². The number of allylic oxidation sites excluding steroid dienone is 1. The Kier molecular flexibility index (Phi) is 6.31. The Morgan fingerprint density at radius 3 is 2.74 bits per heavy atom. The average molecular weight is 458 g/mol. The number of rotatable bonds is 4. The Hall–Kier alpha value is -2.43. The highest BCUT2D eigenvalue weighted by molar-refractivity contribution is 6.36. The third-order valence-electron chi connectivity index (χ3n) is 5.85. The fraction of sp³-hybridized carbons (Fsp3) is 0.320. The Balaban J connectivity index is 1.75. The summed E-state index contributed by atoms with van der Waals surface area (Å²) in [5, 5.41) is 2.02. The van der Waals surface area contributed by atoms with Gasteiger partial charge in [0, 0.05) is 52.3 Å². The number of piperidine rings is 1. The Bertz CT molecular complexity index is 1170. The second-order valence-corrected chi connectivity index (χ2v) is 9.02. The van der Waals surface area contributed by atoms with Crippen LogP contribution >= 0.6 is 23.2 Å². The van der Waals surface area contributed by atoms with Crippen molar-refractivity contribution in [1.29, 1.82) is 0 Å². The van der Waals surface area contributed by atoms with E-state index < -0.39 is 0 Å². The SMILES string of the molecule is COc1cc2occ(-c3ccc(Cl)cc3Cl)c2cc1/C(C)=C/C(=O)N1CCCC(C)C1. The van der Waals surface area contributed by atoms with E-state index in [-0.39, 0.29) is 5.91 Å². The summed E-state index contributed by atoms with van der Waals surface area (Å²) in [4.78, 5) is 14.8. The zero-order valence-corrected chi connectivity index (χ0v) is 19.4. The van der Waals surface area contributed by atoms with Crippen LogP contribution in [-0.2, 0) is 4.79 Å². The Morgan fingerprint density at radius 1 is 1.23 bits per heavy atom. The van der Waals surface area contributed by atoms with Crippen LogP contribution in [0.4, 0.5) is 0 Å². The van der Waals surface area contributed by atoms with Gasteiger partial charge < -0.3 is 14.1 Å². The highest BCUT2D eigenvalue weighted by atomic mass is 35.5. The molecule has 1 aliphatic heterocycles. The van der Waals surface area contributed by atoms with Gasteiger partial charge in [-0.2, -0.15) is 0 Å². The summed E-state index contributed by atoms with van der Waals surface area (Å²) in [5.41, 5.74) is 4.08. The highest BCUT2D eigenvalue weighted by Gasteiger charge is 2.21. The number of hydrogen-bond donors (Lipinski definition) is 0. The molecule has 1 amide bonds. The molecular formula is C25H25Cl2NO3. The van der Waals surface area contributed by atoms with Crippen LogP contribution in [0.3, 0.4) is 0 Å². The average Bonchev–Trinajstić information content (AvgIpc) is 3.15. The first-order valence-electron chi connectivity index (χ1n) is 10.4. The summed E-state index contributed by atoms with van der Waals surface area (Å²) < 4.78 is 11.4. The number of likely N-dealkylation sites (tertiary alicyclic amines) is 1. The molecule has 4 nitrogen and oxygen atoms in total. The van der Waals surface area contributed by atoms with Gasteiger partial charge in [0.25, 0.3) is 0 Å². The zero-order chi connectivity index (χ0) is 22.1. The van der Waals surface area contributed by atoms with E-state index in [1.807, 2.05) is 30.0 Å². The van der Waals surface area contributed by atoms with Crippen molar-refractivity contribution in [3.63, 3.8) is 0 Å². The lowest BCUT2D eigenvalue weighted by Gasteiger charge is -2.30. The van der Waals surface area contributed by atoms with Crippen molar-refractivity contribution in [1.82, 2.24) is 4.90 Å². The number of furan rings is 1. The molecule has 2 aromatic carbocycles. The van der Waals surface area contributed by atoms with Gasteiger partial charge in [-0.25, -0.2) is 0 Å². The van der Waals surface area contributed by atoms with E-state index in [0.717, 1.165) is 47.2 Å². The van der Waals surface area contributed by atoms with Crippen LogP contribution in [0.15, 0.2) is 47.1 Å². The summed E-state index contributed by atoms with van der Waals surface area (Å²) >= 11 is 12.5. The molecule has 0 N–H and O–H groups in total. The topological polar surface area (TPSA) is 42.7 Å². The van der Waals surface area contributed by atoms with Crippen LogP contribution in [0.2, 0.25) is 10.0 Å². The molecule has 1 unspecified atom stereocenters. The summed E-state index contributed by atoms with van der Waals surface area (Å²) in [6, 6.07) is 9.24. The van der Waals surface area contributed by atoms with Crippen LogP contribution < -0.4 is 4.74 Å². The molecular weight excluding hydrogens is 433 g/mol. The maximum atomic E-state index is 12.9. The van der Waals surface area contributed by atoms with E-state index >= 15 is 0 Å². The number of benzene rings is 2. The molecule has 1 aliphatic rings. The predicted molar refractivity (Wildman–Crippen MR) is 127 cm³/mol. The fourth-order valence-corrected chi connectivity index (χ4v) is 4.70. The molecule has 1 saturated heterocycles. The van der Waals surface area contributed by atoms with E-state index in [2.05, 4.69) is 6.92 Å². The van der Waals surface area contributed by atoms with Crippen molar-refractivity contribution >= 4 is 45.7 Å². The molecule has 2 heterocycles. The minimum atomic E-state index is 0.0411. The van der Waals surface area contributed by atoms with Crippen molar-refractivity contribution in [2.75, 3.05) is 20.2 Å². The quantitative estimate of drug-likeness (QED) is 0.393. The van der Waals surface area contributed by atoms with E-state index in [1.54, 1.807) is 31.6 Å². The van der Waals surface area contributed by atoms with Crippen molar-refractivity contribution < 1.29 is 13.9 Å². The molecule has 0 aliphatic carbocycles. The van der Waals surface area contributed by atoms with Crippen LogP contribution in [0.5, 0.6) is 5.75 Å². The lowest BCUT2D eigenvalue weighted by atomic mass is 9.98. The number of carbonyl (C=O) groups excluding carboxylic acids is 1. The molecule has 6 heteroatoms. The third-order valence-corrected chi connectivity index (χ3v) is 6.40. The van der Waals surface area contributed by atoms with Gasteiger partial charge in [0.1, 0.15) is 11.3 Å². The van der Waals surface area contributed by atoms with Gasteiger partial charge in [0.05, 0.1) is 18.4 Å². The first-order chi connectivity index (χ1) is 14.9. The Morgan fingerprint density at radius 2 is 2.03 bits per heavy atom. The van der Waals surface area contributed by atoms with E-state index in [4.69, 9.17) is 32.4 Å². The van der Waals surface area contributed by atoms with Crippen molar-refractivity contribution in [2.45, 2.75) is 26.7 Å². The lowest BCUT2D eigenvalue weighted by Crippen LogP contribution is -2.38. The molecule has 3 aromatic rings. The number of halogens is 2. The minimum Gasteiger partial charge on any atom is -0.496 e. The number of hydrogen-bond acceptors (Lipinski definition) is 3. The minimum absolute atomic E-state index is 0.0411. The molecule has 0 bridgehead atoms. The van der Waals surface area contributed by atoms with Gasteiger partial charge in [0.2, 0.25) is 5.91 Å². The molecule has 162 valence electrons. The lowest BCUT2D eigenvalue weighted by molar-refractivity contribution is -0.127. The Labute approximate surface area is 192 Å². The molecule has 0 spiro atoms. The van der Waals surface area contributed by atoms with Gasteiger partial charge in [-0.05, 0) is 49.5 Å². The molecule has 31 heavy (non-hydrogen) atoms. The summed E-state index contributed by atoms with van der Waals surface area (Å²) in [6.45, 7) is 5.74. The van der Waals surface area contributed by atoms with Gasteiger partial charge in [0.15, 0.2) is 0 Å². The van der Waals surface area contributed by atoms with Gasteiger partial charge in [-0.1, -0.05) is 36.2 Å². The first kappa shape index (κ1) is 21.8. The van der Waals surface area contributed by atoms with Crippen molar-refractivity contribution in [3.05, 3.63) is 58.3 Å². The highest BCUT2D eigenvalue weighted by Crippen LogP contribution is 2.40. The predicted octanol–water partition coefficient (Wildman–Crippen LogP) is 7.08. The molecule has 1 fully saturated rings. The fourth-order valence-electron chi connectivity index (χ4n) is 4.19. The summed E-state index contributed by atoms with van der Waals surface area (Å²) in [6.07, 6.45) is 5.61. The molecule has 1 aromatic heterocycles. The molecule has 4 rings (SSSR count). The first-order valence-corrected chi connectivity index (χ1v) is 11.1. The standard InChI is InChI=1S/C25H25Cl2NO3/c1-15-5-4-8-28(13-15)25(29)9-16(2)19-11-20-21(14-31-24(20)12-23(19)30-3)18-7-6-17(26)10-22(18)27/h6-7,9-12,14-15H,4-5,8,13H2,1-3H3/b16-9+. The number of ether oxygens (including phenoxy) is 1. The normalized spacial score (nSPS) is 17.3. The maximum absolute atomic E-state index is 12.9. The third kappa shape index (κ3) is 4.46. The number of nitrogens with zero attached hydrogens (tertiary/aromatic N) is 1. The number of methoxy groups -OCH3 is 1. The maximum Gasteiger partial charge on any atom is 0.246 e. The molecule has 0 radical (unpaired) electrons. The number of carbonyl (C=O) groups is 1.